The number of rotatable bonds is 12. The summed E-state index contributed by atoms with van der Waals surface area (Å²) in [7, 11) is -4.09. The molecule has 3 heterocycles. The SMILES string of the molecule is Cc1cccc(C)c1-c1nnc(-c2ccc([Si](C)(C)C)cc2)n1-c1ccc(C(C)(C)C)cc1.Cc1cccc(C)c1-c1nnc(-c2ccc([Si](C)(C)C)cc2)n1-c1ccc(C(C)(C)C)cc1.Cc1cccc(C)c1-c1nnc(-c2ccc([Si](C)(C)C)cc2)n1-c1ccc(C(C)(C)C)cc1.[Ir]. The number of hydrogen-bond donors (Lipinski definition) is 0. The number of nitrogens with zero attached hydrogens (tertiary/aromatic N) is 9. The van der Waals surface area contributed by atoms with Crippen molar-refractivity contribution in [3.8, 4) is 85.4 Å². The molecule has 0 bridgehead atoms. The molecule has 12 rings (SSSR count). The zero-order valence-electron chi connectivity index (χ0n) is 63.9. The normalized spacial score (nSPS) is 12.1. The molecule has 13 heteroatoms. The molecule has 0 unspecified atom stereocenters. The van der Waals surface area contributed by atoms with Crippen LogP contribution in [0.15, 0.2) is 200 Å². The largest absolute Gasteiger partial charge is 0.275 e. The molecule has 0 spiro atoms. The van der Waals surface area contributed by atoms with Gasteiger partial charge in [0.15, 0.2) is 34.9 Å². The second kappa shape index (κ2) is 29.7. The Labute approximate surface area is 614 Å². The van der Waals surface area contributed by atoms with Gasteiger partial charge in [-0.05, 0) is 144 Å². The molecule has 0 fully saturated rings. The van der Waals surface area contributed by atoms with Crippen molar-refractivity contribution in [1.29, 1.82) is 0 Å². The van der Waals surface area contributed by atoms with Crippen LogP contribution in [0.5, 0.6) is 0 Å². The first kappa shape index (κ1) is 75.9. The molecule has 0 saturated heterocycles. The van der Waals surface area contributed by atoms with E-state index in [4.69, 9.17) is 30.6 Å². The molecule has 12 aromatic rings. The molecule has 3 aromatic heterocycles. The van der Waals surface area contributed by atoms with Crippen LogP contribution in [0.1, 0.15) is 112 Å². The van der Waals surface area contributed by atoms with Crippen molar-refractivity contribution in [2.24, 2.45) is 0 Å². The van der Waals surface area contributed by atoms with Gasteiger partial charge in [-0.25, -0.2) is 0 Å². The Kier molecular flexibility index (Phi) is 22.6. The van der Waals surface area contributed by atoms with E-state index in [1.807, 2.05) is 0 Å². The first-order chi connectivity index (χ1) is 46.4. The Balaban J connectivity index is 0.000000174. The molecule has 0 amide bonds. The monoisotopic (exact) mass is 1550 g/mol. The number of aryl methyl sites for hydroxylation is 6. The maximum atomic E-state index is 4.72. The van der Waals surface area contributed by atoms with Crippen molar-refractivity contribution < 1.29 is 20.1 Å². The predicted molar refractivity (Wildman–Crippen MR) is 430 cm³/mol. The Morgan fingerprint density at radius 3 is 0.590 bits per heavy atom. The third-order valence-corrected chi connectivity index (χ3v) is 25.3. The van der Waals surface area contributed by atoms with Gasteiger partial charge in [-0.3, -0.25) is 13.7 Å². The Morgan fingerprint density at radius 1 is 0.240 bits per heavy atom. The summed E-state index contributed by atoms with van der Waals surface area (Å²) in [6.45, 7) is 54.5. The molecule has 1 radical (unpaired) electrons. The van der Waals surface area contributed by atoms with E-state index in [0.717, 1.165) is 85.4 Å². The second-order valence-corrected chi connectivity index (χ2v) is 48.5. The van der Waals surface area contributed by atoms with Crippen LogP contribution in [-0.4, -0.2) is 68.5 Å². The Bertz CT molecular complexity index is 4240. The molecular formula is C87H105IrN9Si3. The molecule has 0 aliphatic heterocycles. The zero-order chi connectivity index (χ0) is 71.9. The molecule has 9 aromatic carbocycles. The van der Waals surface area contributed by atoms with Crippen molar-refractivity contribution in [3.63, 3.8) is 0 Å². The van der Waals surface area contributed by atoms with Crippen LogP contribution in [0, 0.1) is 41.5 Å². The number of hydrogen-bond acceptors (Lipinski definition) is 6. The molecule has 9 nitrogen and oxygen atoms in total. The average molecular weight is 1550 g/mol. The molecule has 0 aliphatic carbocycles. The molecule has 0 saturated carbocycles. The first-order valence-electron chi connectivity index (χ1n) is 35.1. The smallest absolute Gasteiger partial charge is 0.169 e. The standard InChI is InChI=1S/3C29H35N3Si.Ir/c3*1-20-10-9-11-21(2)26(20)28-31-30-27(22-12-18-25(19-13-22)33(6,7)8)32(28)24-16-14-23(15-17-24)29(3,4)5;/h3*9-19H,1-8H3;. The predicted octanol–water partition coefficient (Wildman–Crippen LogP) is 21.2. The fourth-order valence-electron chi connectivity index (χ4n) is 12.8. The van der Waals surface area contributed by atoms with Gasteiger partial charge in [0.2, 0.25) is 0 Å². The summed E-state index contributed by atoms with van der Waals surface area (Å²) in [6.07, 6.45) is 0. The van der Waals surface area contributed by atoms with E-state index in [1.54, 1.807) is 0 Å². The van der Waals surface area contributed by atoms with Crippen LogP contribution in [-0.2, 0) is 36.4 Å². The van der Waals surface area contributed by atoms with Gasteiger partial charge >= 0.3 is 0 Å². The molecular weight excluding hydrogens is 1450 g/mol. The van der Waals surface area contributed by atoms with Gasteiger partial charge in [-0.15, -0.1) is 30.6 Å². The van der Waals surface area contributed by atoms with Crippen LogP contribution >= 0.6 is 0 Å². The van der Waals surface area contributed by atoms with E-state index in [0.29, 0.717) is 0 Å². The van der Waals surface area contributed by atoms with Crippen molar-refractivity contribution in [2.75, 3.05) is 0 Å². The van der Waals surface area contributed by atoms with Gasteiger partial charge in [0.25, 0.3) is 0 Å². The van der Waals surface area contributed by atoms with E-state index < -0.39 is 24.2 Å². The second-order valence-electron chi connectivity index (χ2n) is 33.2. The summed E-state index contributed by atoms with van der Waals surface area (Å²) in [5.41, 5.74) is 21.4. The van der Waals surface area contributed by atoms with E-state index >= 15 is 0 Å². The van der Waals surface area contributed by atoms with E-state index in [-0.39, 0.29) is 36.4 Å². The quantitative estimate of drug-likeness (QED) is 0.113. The van der Waals surface area contributed by atoms with Gasteiger partial charge in [0.1, 0.15) is 0 Å². The fourth-order valence-corrected chi connectivity index (χ4v) is 16.3. The van der Waals surface area contributed by atoms with Crippen molar-refractivity contribution in [1.82, 2.24) is 44.3 Å². The van der Waals surface area contributed by atoms with Crippen LogP contribution in [0.25, 0.3) is 85.4 Å². The molecule has 100 heavy (non-hydrogen) atoms. The van der Waals surface area contributed by atoms with Gasteiger partial charge in [-0.1, -0.05) is 301 Å². The van der Waals surface area contributed by atoms with Crippen LogP contribution in [0.4, 0.5) is 0 Å². The Morgan fingerprint density at radius 2 is 0.420 bits per heavy atom. The van der Waals surface area contributed by atoms with E-state index in [9.17, 15) is 0 Å². The molecule has 0 N–H and O–H groups in total. The van der Waals surface area contributed by atoms with E-state index in [2.05, 4.69) is 377 Å². The summed E-state index contributed by atoms with van der Waals surface area (Å²) in [6, 6.07) is 72.5. The molecule has 0 atom stereocenters. The van der Waals surface area contributed by atoms with Crippen molar-refractivity contribution in [3.05, 3.63) is 250 Å². The minimum atomic E-state index is -1.36. The van der Waals surface area contributed by atoms with Crippen molar-refractivity contribution in [2.45, 2.75) is 179 Å². The first-order valence-corrected chi connectivity index (χ1v) is 45.6. The maximum Gasteiger partial charge on any atom is 0.169 e. The summed E-state index contributed by atoms with van der Waals surface area (Å²) in [5.74, 6) is 5.28. The van der Waals surface area contributed by atoms with Crippen LogP contribution < -0.4 is 15.6 Å². The van der Waals surface area contributed by atoms with Gasteiger partial charge in [-0.2, -0.15) is 0 Å². The summed E-state index contributed by atoms with van der Waals surface area (Å²) < 4.78 is 6.64. The van der Waals surface area contributed by atoms with E-state index in [1.165, 1.54) is 65.6 Å². The molecule has 0 aliphatic rings. The average Bonchev–Trinajstić information content (AvgIpc) is 1.67. The maximum absolute atomic E-state index is 4.72. The van der Waals surface area contributed by atoms with Crippen molar-refractivity contribution >= 4 is 39.8 Å². The minimum absolute atomic E-state index is 0. The zero-order valence-corrected chi connectivity index (χ0v) is 69.3. The summed E-state index contributed by atoms with van der Waals surface area (Å²) >= 11 is 0. The summed E-state index contributed by atoms with van der Waals surface area (Å²) in [4.78, 5) is 0. The number of aromatic nitrogens is 9. The van der Waals surface area contributed by atoms with Gasteiger partial charge in [0, 0.05) is 70.5 Å². The van der Waals surface area contributed by atoms with Gasteiger partial charge in [0.05, 0.1) is 24.2 Å². The topological polar surface area (TPSA) is 92.1 Å². The van der Waals surface area contributed by atoms with Crippen LogP contribution in [0.2, 0.25) is 58.9 Å². The fraction of sp³-hybridized carbons (Fsp3) is 0.310. The Hall–Kier alpha value is -8.30. The van der Waals surface area contributed by atoms with Crippen LogP contribution in [0.3, 0.4) is 0 Å². The summed E-state index contributed by atoms with van der Waals surface area (Å²) in [5, 5.41) is 32.6. The van der Waals surface area contributed by atoms with Gasteiger partial charge < -0.3 is 0 Å². The third-order valence-electron chi connectivity index (χ3n) is 19.1. The number of benzene rings is 9. The minimum Gasteiger partial charge on any atom is -0.275 e. The molecule has 519 valence electrons. The third kappa shape index (κ3) is 16.8.